The number of benzene rings is 3. The third-order valence-electron chi connectivity index (χ3n) is 5.45. The minimum absolute atomic E-state index is 0.227. The second-order valence-electron chi connectivity index (χ2n) is 7.77. The summed E-state index contributed by atoms with van der Waals surface area (Å²) in [4.78, 5) is 24.6. The van der Waals surface area contributed by atoms with E-state index in [2.05, 4.69) is 10.6 Å². The van der Waals surface area contributed by atoms with Gasteiger partial charge in [-0.15, -0.1) is 0 Å². The molecule has 3 aromatic carbocycles. The summed E-state index contributed by atoms with van der Waals surface area (Å²) in [6, 6.07) is 22.0. The Labute approximate surface area is 209 Å². The number of anilines is 1. The van der Waals surface area contributed by atoms with Crippen molar-refractivity contribution < 1.29 is 19.1 Å². The molecule has 0 saturated heterocycles. The topological polar surface area (TPSA) is 94.5 Å². The van der Waals surface area contributed by atoms with Gasteiger partial charge >= 0.3 is 0 Å². The maximum absolute atomic E-state index is 12.7. The van der Waals surface area contributed by atoms with E-state index in [9.17, 15) is 9.59 Å². The smallest absolute Gasteiger partial charge is 0.251 e. The number of nitrogens with zero attached hydrogens (tertiary/aromatic N) is 2. The van der Waals surface area contributed by atoms with Crippen molar-refractivity contribution in [2.75, 3.05) is 26.6 Å². The first-order valence-corrected chi connectivity index (χ1v) is 11.2. The number of ether oxygens (including phenoxy) is 2. The third kappa shape index (κ3) is 5.44. The number of aromatic nitrogens is 2. The van der Waals surface area contributed by atoms with Gasteiger partial charge in [0.15, 0.2) is 11.5 Å². The van der Waals surface area contributed by atoms with E-state index in [1.165, 1.54) is 6.08 Å². The van der Waals surface area contributed by atoms with Gasteiger partial charge in [0, 0.05) is 41.7 Å². The number of hydrogen-bond acceptors (Lipinski definition) is 5. The highest BCUT2D eigenvalue weighted by atomic mass is 16.5. The molecule has 0 bridgehead atoms. The molecule has 0 saturated carbocycles. The maximum Gasteiger partial charge on any atom is 0.251 e. The lowest BCUT2D eigenvalue weighted by molar-refractivity contribution is -0.111. The van der Waals surface area contributed by atoms with Crippen molar-refractivity contribution in [2.24, 2.45) is 0 Å². The van der Waals surface area contributed by atoms with Crippen LogP contribution in [0.4, 0.5) is 5.69 Å². The van der Waals surface area contributed by atoms with E-state index >= 15 is 0 Å². The largest absolute Gasteiger partial charge is 0.493 e. The number of amides is 2. The molecule has 8 nitrogen and oxygen atoms in total. The normalized spacial score (nSPS) is 10.8. The molecule has 4 rings (SSSR count). The fourth-order valence-electron chi connectivity index (χ4n) is 3.66. The lowest BCUT2D eigenvalue weighted by Crippen LogP contribution is -2.18. The Bertz CT molecular complexity index is 1410. The fourth-order valence-corrected chi connectivity index (χ4v) is 3.66. The molecular formula is C28H26N4O4. The Morgan fingerprint density at radius 2 is 1.69 bits per heavy atom. The lowest BCUT2D eigenvalue weighted by atomic mass is 10.1. The first-order valence-electron chi connectivity index (χ1n) is 11.2. The Hall–Kier alpha value is -4.85. The highest BCUT2D eigenvalue weighted by Crippen LogP contribution is 2.33. The van der Waals surface area contributed by atoms with Crippen molar-refractivity contribution in [3.05, 3.63) is 96.2 Å². The highest BCUT2D eigenvalue weighted by Gasteiger charge is 2.14. The second-order valence-corrected chi connectivity index (χ2v) is 7.77. The van der Waals surface area contributed by atoms with Crippen molar-refractivity contribution in [2.45, 2.75) is 0 Å². The van der Waals surface area contributed by atoms with Gasteiger partial charge in [-0.1, -0.05) is 24.3 Å². The summed E-state index contributed by atoms with van der Waals surface area (Å²) in [7, 11) is 4.72. The van der Waals surface area contributed by atoms with Crippen LogP contribution in [0.25, 0.3) is 23.0 Å². The third-order valence-corrected chi connectivity index (χ3v) is 5.45. The fraction of sp³-hybridized carbons (Fsp3) is 0.107. The molecule has 4 aromatic rings. The monoisotopic (exact) mass is 482 g/mol. The van der Waals surface area contributed by atoms with Crippen molar-refractivity contribution >= 4 is 23.6 Å². The molecule has 8 heteroatoms. The lowest BCUT2D eigenvalue weighted by Gasteiger charge is -2.09. The molecule has 0 fully saturated rings. The molecule has 0 radical (unpaired) electrons. The van der Waals surface area contributed by atoms with Crippen LogP contribution >= 0.6 is 0 Å². The molecular weight excluding hydrogens is 456 g/mol. The predicted molar refractivity (Wildman–Crippen MR) is 140 cm³/mol. The average Bonchev–Trinajstić information content (AvgIpc) is 3.36. The van der Waals surface area contributed by atoms with Gasteiger partial charge in [0.25, 0.3) is 5.91 Å². The Morgan fingerprint density at radius 1 is 0.917 bits per heavy atom. The summed E-state index contributed by atoms with van der Waals surface area (Å²) in [5.74, 6) is 0.622. The van der Waals surface area contributed by atoms with Crippen molar-refractivity contribution in [1.29, 1.82) is 0 Å². The van der Waals surface area contributed by atoms with Crippen molar-refractivity contribution in [3.63, 3.8) is 0 Å². The first kappa shape index (κ1) is 24.3. The van der Waals surface area contributed by atoms with E-state index in [-0.39, 0.29) is 11.8 Å². The van der Waals surface area contributed by atoms with Crippen LogP contribution in [-0.4, -0.2) is 42.9 Å². The Balaban J connectivity index is 1.66. The number of methoxy groups -OCH3 is 2. The zero-order valence-corrected chi connectivity index (χ0v) is 20.2. The van der Waals surface area contributed by atoms with Gasteiger partial charge in [0.2, 0.25) is 5.91 Å². The zero-order valence-electron chi connectivity index (χ0n) is 20.2. The van der Waals surface area contributed by atoms with E-state index < -0.39 is 0 Å². The van der Waals surface area contributed by atoms with Crippen molar-refractivity contribution in [1.82, 2.24) is 15.1 Å². The summed E-state index contributed by atoms with van der Waals surface area (Å²) >= 11 is 0. The molecule has 1 aromatic heterocycles. The maximum atomic E-state index is 12.7. The average molecular weight is 483 g/mol. The molecule has 182 valence electrons. The van der Waals surface area contributed by atoms with Crippen LogP contribution in [0.2, 0.25) is 0 Å². The molecule has 0 spiro atoms. The van der Waals surface area contributed by atoms with Gasteiger partial charge in [-0.25, -0.2) is 4.68 Å². The molecule has 0 unspecified atom stereocenters. The molecule has 2 amide bonds. The van der Waals surface area contributed by atoms with E-state index in [0.717, 1.165) is 16.8 Å². The van der Waals surface area contributed by atoms with Crippen LogP contribution in [0, 0.1) is 0 Å². The summed E-state index contributed by atoms with van der Waals surface area (Å²) in [5.41, 5.74) is 4.07. The van der Waals surface area contributed by atoms with Crippen LogP contribution < -0.4 is 20.1 Å². The van der Waals surface area contributed by atoms with E-state index in [4.69, 9.17) is 14.6 Å². The van der Waals surface area contributed by atoms with Gasteiger partial charge in [0.05, 0.1) is 19.9 Å². The molecule has 2 N–H and O–H groups in total. The van der Waals surface area contributed by atoms with Crippen LogP contribution in [0.15, 0.2) is 85.1 Å². The minimum Gasteiger partial charge on any atom is -0.493 e. The van der Waals surface area contributed by atoms with Crippen LogP contribution in [-0.2, 0) is 4.79 Å². The van der Waals surface area contributed by atoms with Gasteiger partial charge < -0.3 is 20.1 Å². The summed E-state index contributed by atoms with van der Waals surface area (Å²) in [6.07, 6.45) is 5.00. The summed E-state index contributed by atoms with van der Waals surface area (Å²) < 4.78 is 12.6. The van der Waals surface area contributed by atoms with Gasteiger partial charge in [-0.3, -0.25) is 9.59 Å². The van der Waals surface area contributed by atoms with Crippen molar-refractivity contribution in [3.8, 4) is 28.4 Å². The quantitative estimate of drug-likeness (QED) is 0.359. The summed E-state index contributed by atoms with van der Waals surface area (Å²) in [6.45, 7) is 0. The van der Waals surface area contributed by atoms with Crippen LogP contribution in [0.1, 0.15) is 15.9 Å². The highest BCUT2D eigenvalue weighted by molar-refractivity contribution is 6.03. The number of carbonyl (C=O) groups is 2. The molecule has 0 aliphatic rings. The van der Waals surface area contributed by atoms with E-state index in [1.54, 1.807) is 56.3 Å². The number of carbonyl (C=O) groups excluding carboxylic acids is 2. The second kappa shape index (κ2) is 11.1. The van der Waals surface area contributed by atoms with E-state index in [1.807, 2.05) is 54.7 Å². The minimum atomic E-state index is -0.338. The summed E-state index contributed by atoms with van der Waals surface area (Å²) in [5, 5.41) is 10.1. The molecule has 36 heavy (non-hydrogen) atoms. The number of para-hydroxylation sites is 1. The molecule has 1 heterocycles. The molecule has 0 atom stereocenters. The Morgan fingerprint density at radius 3 is 2.42 bits per heavy atom. The zero-order chi connectivity index (χ0) is 25.5. The molecule has 0 aliphatic carbocycles. The van der Waals surface area contributed by atoms with Gasteiger partial charge in [-0.2, -0.15) is 5.10 Å². The molecule has 0 aliphatic heterocycles. The number of rotatable bonds is 8. The van der Waals surface area contributed by atoms with Crippen LogP contribution in [0.5, 0.6) is 11.5 Å². The Kier molecular flexibility index (Phi) is 7.45. The van der Waals surface area contributed by atoms with Gasteiger partial charge in [0.1, 0.15) is 5.69 Å². The number of hydrogen-bond donors (Lipinski definition) is 2. The predicted octanol–water partition coefficient (Wildman–Crippen LogP) is 4.57. The van der Waals surface area contributed by atoms with Crippen LogP contribution in [0.3, 0.4) is 0 Å². The standard InChI is InChI=1S/C28H26N4O4/c1-29-28(34)20-8-7-9-22(16-20)30-26(33)15-13-21-18-32(23-10-5-4-6-11-23)31-27(21)19-12-14-24(35-2)25(17-19)36-3/h4-18H,1-3H3,(H,29,34)(H,30,33)/b15-13+. The van der Waals surface area contributed by atoms with Gasteiger partial charge in [-0.05, 0) is 54.6 Å². The van der Waals surface area contributed by atoms with E-state index in [0.29, 0.717) is 28.4 Å². The first-order chi connectivity index (χ1) is 17.5. The SMILES string of the molecule is CNC(=O)c1cccc(NC(=O)/C=C/c2cn(-c3ccccc3)nc2-c2ccc(OC)c(OC)c2)c1. The number of nitrogens with one attached hydrogen (secondary N) is 2.